The number of unbranched alkanes of at least 4 members (excludes halogenated alkanes) is 1. The summed E-state index contributed by atoms with van der Waals surface area (Å²) in [6, 6.07) is 0. The van der Waals surface area contributed by atoms with E-state index in [-0.39, 0.29) is 34.5 Å². The van der Waals surface area contributed by atoms with Gasteiger partial charge in [0.2, 0.25) is 0 Å². The summed E-state index contributed by atoms with van der Waals surface area (Å²) >= 11 is 0. The maximum absolute atomic E-state index is 12.8. The van der Waals surface area contributed by atoms with Crippen LogP contribution in [0, 0.1) is 11.8 Å². The molecular formula is C26H46N2O6Si2. The molecule has 0 spiro atoms. The Hall–Kier alpha value is -1.49. The van der Waals surface area contributed by atoms with Crippen LogP contribution >= 0.6 is 0 Å². The maximum atomic E-state index is 12.8. The van der Waals surface area contributed by atoms with Gasteiger partial charge in [-0.05, 0) is 42.7 Å². The third-order valence-corrected chi connectivity index (χ3v) is 16.8. The summed E-state index contributed by atoms with van der Waals surface area (Å²) in [5.74, 6) is 5.69. The van der Waals surface area contributed by atoms with Gasteiger partial charge in [-0.2, -0.15) is 0 Å². The highest BCUT2D eigenvalue weighted by atomic mass is 28.4. The normalized spacial score (nSPS) is 21.4. The van der Waals surface area contributed by atoms with Crippen molar-refractivity contribution in [3.8, 4) is 11.8 Å². The Morgan fingerprint density at radius 1 is 1.11 bits per heavy atom. The molecule has 1 saturated heterocycles. The fraction of sp³-hybridized carbons (Fsp3) is 0.769. The third kappa shape index (κ3) is 7.52. The lowest BCUT2D eigenvalue weighted by atomic mass is 10.2. The average Bonchev–Trinajstić information content (AvgIpc) is 3.11. The van der Waals surface area contributed by atoms with Crippen LogP contribution in [0.2, 0.25) is 36.3 Å². The van der Waals surface area contributed by atoms with Crippen molar-refractivity contribution in [2.45, 2.75) is 116 Å². The second-order valence-corrected chi connectivity index (χ2v) is 22.3. The van der Waals surface area contributed by atoms with Crippen LogP contribution in [-0.4, -0.2) is 56.7 Å². The van der Waals surface area contributed by atoms with E-state index in [1.54, 1.807) is 0 Å². The van der Waals surface area contributed by atoms with Crippen LogP contribution in [0.15, 0.2) is 15.8 Å². The molecule has 1 aromatic rings. The first-order valence-corrected chi connectivity index (χ1v) is 18.6. The van der Waals surface area contributed by atoms with Gasteiger partial charge < -0.3 is 18.7 Å². The van der Waals surface area contributed by atoms with Gasteiger partial charge in [-0.15, -0.1) is 0 Å². The lowest BCUT2D eigenvalue weighted by Gasteiger charge is -2.40. The molecule has 204 valence electrons. The Morgan fingerprint density at radius 2 is 1.72 bits per heavy atom. The molecule has 1 aliphatic heterocycles. The third-order valence-electron chi connectivity index (χ3n) is 7.81. The SMILES string of the molecule is CC(C)(C)[Si](C)(C)OC[C@H]1O[C@@H](n2cc(C#CCCCO)c(=O)[nH]c2=O)C[C@@H]1O[Si](C)(C)C(C)(C)C. The van der Waals surface area contributed by atoms with E-state index in [1.807, 2.05) is 0 Å². The Kier molecular flexibility index (Phi) is 9.82. The van der Waals surface area contributed by atoms with Crippen LogP contribution in [0.5, 0.6) is 0 Å². The molecule has 0 radical (unpaired) electrons. The zero-order valence-corrected chi connectivity index (χ0v) is 25.8. The average molecular weight is 539 g/mol. The zero-order chi connectivity index (χ0) is 27.5. The van der Waals surface area contributed by atoms with Crippen LogP contribution in [0.25, 0.3) is 0 Å². The molecule has 1 aliphatic rings. The van der Waals surface area contributed by atoms with E-state index < -0.39 is 34.1 Å². The first kappa shape index (κ1) is 30.7. The number of aliphatic hydroxyl groups is 1. The molecular weight excluding hydrogens is 492 g/mol. The zero-order valence-electron chi connectivity index (χ0n) is 23.8. The molecule has 2 rings (SSSR count). The van der Waals surface area contributed by atoms with Crippen LogP contribution in [-0.2, 0) is 13.6 Å². The Bertz CT molecular complexity index is 1070. The molecule has 0 aromatic carbocycles. The number of aliphatic hydroxyl groups excluding tert-OH is 1. The monoisotopic (exact) mass is 538 g/mol. The van der Waals surface area contributed by atoms with Gasteiger partial charge in [-0.25, -0.2) is 4.79 Å². The topological polar surface area (TPSA) is 103 Å². The summed E-state index contributed by atoms with van der Waals surface area (Å²) in [7, 11) is -4.15. The molecule has 2 N–H and O–H groups in total. The fourth-order valence-corrected chi connectivity index (χ4v) is 5.69. The van der Waals surface area contributed by atoms with Crippen molar-refractivity contribution in [3.05, 3.63) is 32.6 Å². The lowest BCUT2D eigenvalue weighted by Crippen LogP contribution is -2.48. The minimum Gasteiger partial charge on any atom is -0.414 e. The largest absolute Gasteiger partial charge is 0.414 e. The Labute approximate surface area is 218 Å². The molecule has 3 atom stereocenters. The highest BCUT2D eigenvalue weighted by Crippen LogP contribution is 2.42. The molecule has 8 nitrogen and oxygen atoms in total. The number of aromatic amines is 1. The van der Waals surface area contributed by atoms with Gasteiger partial charge in [-0.3, -0.25) is 14.3 Å². The summed E-state index contributed by atoms with van der Waals surface area (Å²) in [4.78, 5) is 27.4. The highest BCUT2D eigenvalue weighted by molar-refractivity contribution is 6.74. The predicted octanol–water partition coefficient (Wildman–Crippen LogP) is 4.36. The van der Waals surface area contributed by atoms with E-state index in [0.717, 1.165) is 0 Å². The van der Waals surface area contributed by atoms with Crippen LogP contribution in [0.1, 0.15) is 72.6 Å². The fourth-order valence-electron chi connectivity index (χ4n) is 3.32. The van der Waals surface area contributed by atoms with Crippen LogP contribution in [0.3, 0.4) is 0 Å². The van der Waals surface area contributed by atoms with Crippen molar-refractivity contribution >= 4 is 16.6 Å². The highest BCUT2D eigenvalue weighted by Gasteiger charge is 2.46. The van der Waals surface area contributed by atoms with E-state index in [4.69, 9.17) is 18.7 Å². The molecule has 0 unspecified atom stereocenters. The number of rotatable bonds is 8. The molecule has 1 fully saturated rings. The number of nitrogens with one attached hydrogen (secondary N) is 1. The van der Waals surface area contributed by atoms with Crippen molar-refractivity contribution in [2.24, 2.45) is 0 Å². The molecule has 0 amide bonds. The minimum atomic E-state index is -2.12. The van der Waals surface area contributed by atoms with Gasteiger partial charge in [0.15, 0.2) is 16.6 Å². The van der Waals surface area contributed by atoms with Crippen LogP contribution in [0.4, 0.5) is 0 Å². The number of nitrogens with zero attached hydrogens (tertiary/aromatic N) is 1. The molecule has 36 heavy (non-hydrogen) atoms. The van der Waals surface area contributed by atoms with Crippen molar-refractivity contribution in [3.63, 3.8) is 0 Å². The number of hydrogen-bond acceptors (Lipinski definition) is 6. The lowest BCUT2D eigenvalue weighted by molar-refractivity contribution is -0.0412. The smallest absolute Gasteiger partial charge is 0.330 e. The number of ether oxygens (including phenoxy) is 1. The molecule has 1 aromatic heterocycles. The number of hydrogen-bond donors (Lipinski definition) is 2. The summed E-state index contributed by atoms with van der Waals surface area (Å²) in [6.07, 6.45) is 1.76. The molecule has 0 saturated carbocycles. The summed E-state index contributed by atoms with van der Waals surface area (Å²) in [5, 5.41) is 9.02. The van der Waals surface area contributed by atoms with Gasteiger partial charge in [0.25, 0.3) is 5.56 Å². The van der Waals surface area contributed by atoms with Crippen molar-refractivity contribution in [1.29, 1.82) is 0 Å². The van der Waals surface area contributed by atoms with Gasteiger partial charge in [0, 0.05) is 25.6 Å². The molecule has 10 heteroatoms. The van der Waals surface area contributed by atoms with E-state index in [2.05, 4.69) is 84.6 Å². The predicted molar refractivity (Wildman–Crippen MR) is 148 cm³/mol. The Morgan fingerprint density at radius 3 is 2.28 bits per heavy atom. The van der Waals surface area contributed by atoms with Crippen molar-refractivity contribution < 1.29 is 18.7 Å². The second-order valence-electron chi connectivity index (χ2n) is 12.7. The van der Waals surface area contributed by atoms with Gasteiger partial charge in [0.05, 0.1) is 12.7 Å². The quantitative estimate of drug-likeness (QED) is 0.290. The van der Waals surface area contributed by atoms with E-state index in [1.165, 1.54) is 10.8 Å². The second kappa shape index (κ2) is 11.5. The van der Waals surface area contributed by atoms with E-state index in [0.29, 0.717) is 25.9 Å². The maximum Gasteiger partial charge on any atom is 0.330 e. The first-order chi connectivity index (χ1) is 16.4. The summed E-state index contributed by atoms with van der Waals surface area (Å²) in [5.41, 5.74) is -0.875. The summed E-state index contributed by atoms with van der Waals surface area (Å²) in [6.45, 7) is 22.4. The van der Waals surface area contributed by atoms with Crippen molar-refractivity contribution in [1.82, 2.24) is 9.55 Å². The van der Waals surface area contributed by atoms with Crippen LogP contribution < -0.4 is 11.2 Å². The van der Waals surface area contributed by atoms with E-state index in [9.17, 15) is 9.59 Å². The summed E-state index contributed by atoms with van der Waals surface area (Å²) < 4.78 is 21.1. The number of H-pyrrole nitrogens is 1. The number of aromatic nitrogens is 2. The van der Waals surface area contributed by atoms with Gasteiger partial charge >= 0.3 is 5.69 Å². The standard InChI is InChI=1S/C26H46N2O6Si2/c1-25(2,3)35(7,8)32-18-21-20(34-36(9,10)26(4,5)6)16-22(33-21)28-17-19(14-12-11-13-15-29)23(30)27-24(28)31/h17,20-22,29H,11,13,15-16,18H2,1-10H3,(H,27,30,31)/t20-,21+,22+/m0/s1. The molecule has 0 bridgehead atoms. The van der Waals surface area contributed by atoms with Gasteiger partial charge in [0.1, 0.15) is 17.9 Å². The Balaban J connectivity index is 2.37. The van der Waals surface area contributed by atoms with Gasteiger partial charge in [-0.1, -0.05) is 53.4 Å². The minimum absolute atomic E-state index is 0.0159. The first-order valence-electron chi connectivity index (χ1n) is 12.8. The molecule has 0 aliphatic carbocycles. The molecule has 2 heterocycles. The van der Waals surface area contributed by atoms with Crippen molar-refractivity contribution in [2.75, 3.05) is 13.2 Å². The van der Waals surface area contributed by atoms with E-state index >= 15 is 0 Å².